The molecule has 12 nitrogen and oxygen atoms in total. The van der Waals surface area contributed by atoms with Crippen LogP contribution in [0.5, 0.6) is 0 Å². The average molecular weight is 1050 g/mol. The SMILES string of the molecule is CC/C=C\C/C=C\C/C=C\C/C=C\C/C=C\C/C=C\CCCCCCC(=O)OC(COCCCCCCCCCCCCCCCCCCCCCCCCC)COP(=O)(O)OC1C(O)C(O)C(O)C(O)C1O. The second kappa shape index (κ2) is 49.4. The van der Waals surface area contributed by atoms with E-state index >= 15 is 0 Å². The third kappa shape index (κ3) is 40.7. The maximum Gasteiger partial charge on any atom is 0.472 e. The molecular weight excluding hydrogens is 944 g/mol. The number of unbranched alkanes of at least 4 members (excludes halogenated alkanes) is 26. The molecule has 1 fully saturated rings. The van der Waals surface area contributed by atoms with Crippen LogP contribution in [-0.2, 0) is 27.9 Å². The third-order valence-electron chi connectivity index (χ3n) is 13.3. The molecule has 0 heterocycles. The second-order valence-corrected chi connectivity index (χ2v) is 21.5. The van der Waals surface area contributed by atoms with Crippen molar-refractivity contribution < 1.29 is 58.3 Å². The van der Waals surface area contributed by atoms with Gasteiger partial charge in [0.25, 0.3) is 0 Å². The van der Waals surface area contributed by atoms with Gasteiger partial charge in [-0.3, -0.25) is 13.8 Å². The standard InChI is InChI=1S/C60H107O12P/c1-3-5-7-9-11-13-15-17-19-21-23-25-27-29-31-33-35-37-39-41-43-45-47-49-54(61)71-53(52-70-73(67,68)72-60-58(65)56(63)55(62)57(64)59(60)66)51-69-50-48-46-44-42-40-38-36-34-32-30-28-26-24-22-20-18-16-14-12-10-8-6-4-2/h5,7,11,13,17,19,23,25,29,31,35,37,53,55-60,62-66H,3-4,6,8-10,12,14-16,18,20-22,24,26-28,30,32-34,36,38-52H2,1-2H3,(H,67,68)/b7-5-,13-11-,19-17-,25-23-,31-29-,37-35-. The minimum absolute atomic E-state index is 0.0880. The first-order valence-electron chi connectivity index (χ1n) is 29.3. The van der Waals surface area contributed by atoms with Crippen LogP contribution < -0.4 is 0 Å². The largest absolute Gasteiger partial charge is 0.472 e. The molecule has 6 N–H and O–H groups in total. The molecule has 0 aromatic rings. The van der Waals surface area contributed by atoms with E-state index in [1.54, 1.807) is 0 Å². The second-order valence-electron chi connectivity index (χ2n) is 20.1. The van der Waals surface area contributed by atoms with E-state index in [1.165, 1.54) is 128 Å². The molecule has 6 unspecified atom stereocenters. The van der Waals surface area contributed by atoms with Crippen molar-refractivity contribution in [2.45, 2.75) is 281 Å². The Bertz CT molecular complexity index is 1480. The van der Waals surface area contributed by atoms with Gasteiger partial charge in [0.05, 0.1) is 13.2 Å². The topological polar surface area (TPSA) is 192 Å². The Balaban J connectivity index is 2.30. The number of carbonyl (C=O) groups is 1. The number of carbonyl (C=O) groups excluding carboxylic acids is 1. The van der Waals surface area contributed by atoms with E-state index in [0.29, 0.717) is 13.0 Å². The van der Waals surface area contributed by atoms with Crippen molar-refractivity contribution >= 4 is 13.8 Å². The quantitative estimate of drug-likeness (QED) is 0.0146. The Morgan fingerprint density at radius 2 is 0.808 bits per heavy atom. The maximum absolute atomic E-state index is 12.9. The van der Waals surface area contributed by atoms with Crippen LogP contribution in [-0.4, -0.2) is 98.9 Å². The van der Waals surface area contributed by atoms with Crippen molar-refractivity contribution in [3.63, 3.8) is 0 Å². The minimum atomic E-state index is -5.04. The summed E-state index contributed by atoms with van der Waals surface area (Å²) in [6.07, 6.45) is 54.0. The number of ether oxygens (including phenoxy) is 2. The number of esters is 1. The predicted octanol–water partition coefficient (Wildman–Crippen LogP) is 14.3. The van der Waals surface area contributed by atoms with Crippen LogP contribution in [0.25, 0.3) is 0 Å². The Labute approximate surface area is 444 Å². The molecule has 1 rings (SSSR count). The number of aliphatic hydroxyl groups excluding tert-OH is 5. The van der Waals surface area contributed by atoms with Crippen LogP contribution in [0.15, 0.2) is 72.9 Å². The molecule has 1 aliphatic rings. The number of aliphatic hydroxyl groups is 5. The fraction of sp³-hybridized carbons (Fsp3) is 0.783. The third-order valence-corrected chi connectivity index (χ3v) is 14.3. The molecule has 0 amide bonds. The molecule has 0 saturated heterocycles. The van der Waals surface area contributed by atoms with Crippen LogP contribution in [0.4, 0.5) is 0 Å². The Morgan fingerprint density at radius 1 is 0.452 bits per heavy atom. The van der Waals surface area contributed by atoms with Crippen molar-refractivity contribution in [1.29, 1.82) is 0 Å². The van der Waals surface area contributed by atoms with E-state index in [4.69, 9.17) is 18.5 Å². The first-order chi connectivity index (χ1) is 35.5. The number of hydrogen-bond donors (Lipinski definition) is 6. The number of phosphoric ester groups is 1. The van der Waals surface area contributed by atoms with Gasteiger partial charge in [0.15, 0.2) is 0 Å². The van der Waals surface area contributed by atoms with Gasteiger partial charge in [-0.05, 0) is 64.2 Å². The van der Waals surface area contributed by atoms with Crippen LogP contribution in [0.3, 0.4) is 0 Å². The smallest absolute Gasteiger partial charge is 0.457 e. The van der Waals surface area contributed by atoms with Crippen molar-refractivity contribution in [1.82, 2.24) is 0 Å². The van der Waals surface area contributed by atoms with Crippen LogP contribution >= 0.6 is 7.82 Å². The zero-order valence-electron chi connectivity index (χ0n) is 45.9. The molecule has 0 aliphatic heterocycles. The molecule has 13 heteroatoms. The Morgan fingerprint density at radius 3 is 1.23 bits per heavy atom. The number of rotatable bonds is 50. The van der Waals surface area contributed by atoms with Gasteiger partial charge in [0.1, 0.15) is 42.7 Å². The van der Waals surface area contributed by atoms with Gasteiger partial charge >= 0.3 is 13.8 Å². The first-order valence-corrected chi connectivity index (χ1v) is 30.8. The average Bonchev–Trinajstić information content (AvgIpc) is 3.38. The predicted molar refractivity (Wildman–Crippen MR) is 299 cm³/mol. The number of hydrogen-bond acceptors (Lipinski definition) is 11. The molecule has 0 bridgehead atoms. The van der Waals surface area contributed by atoms with Gasteiger partial charge in [0.2, 0.25) is 0 Å². The van der Waals surface area contributed by atoms with E-state index in [9.17, 15) is 39.8 Å². The normalized spacial score (nSPS) is 21.0. The maximum atomic E-state index is 12.9. The molecule has 73 heavy (non-hydrogen) atoms. The summed E-state index contributed by atoms with van der Waals surface area (Å²) >= 11 is 0. The van der Waals surface area contributed by atoms with Gasteiger partial charge in [-0.25, -0.2) is 4.57 Å². The Kier molecular flexibility index (Phi) is 46.5. The van der Waals surface area contributed by atoms with E-state index in [2.05, 4.69) is 86.8 Å². The summed E-state index contributed by atoms with van der Waals surface area (Å²) in [6, 6.07) is 0. The fourth-order valence-electron chi connectivity index (χ4n) is 8.77. The number of allylic oxidation sites excluding steroid dienone is 12. The summed E-state index contributed by atoms with van der Waals surface area (Å²) in [4.78, 5) is 23.3. The summed E-state index contributed by atoms with van der Waals surface area (Å²) < 4.78 is 34.4. The van der Waals surface area contributed by atoms with Crippen LogP contribution in [0, 0.1) is 0 Å². The van der Waals surface area contributed by atoms with Gasteiger partial charge < -0.3 is 39.9 Å². The highest BCUT2D eigenvalue weighted by molar-refractivity contribution is 7.47. The van der Waals surface area contributed by atoms with Gasteiger partial charge in [-0.1, -0.05) is 241 Å². The first kappa shape index (κ1) is 68.8. The van der Waals surface area contributed by atoms with E-state index in [-0.39, 0.29) is 13.0 Å². The van der Waals surface area contributed by atoms with Crippen molar-refractivity contribution in [3.8, 4) is 0 Å². The summed E-state index contributed by atoms with van der Waals surface area (Å²) in [6.45, 7) is 4.16. The molecule has 0 spiro atoms. The van der Waals surface area contributed by atoms with E-state index in [0.717, 1.165) is 83.5 Å². The summed E-state index contributed by atoms with van der Waals surface area (Å²) in [5.74, 6) is -0.499. The van der Waals surface area contributed by atoms with E-state index < -0.39 is 63.1 Å². The lowest BCUT2D eigenvalue weighted by Gasteiger charge is -2.41. The zero-order valence-corrected chi connectivity index (χ0v) is 46.8. The molecule has 1 saturated carbocycles. The molecular formula is C60H107O12P. The van der Waals surface area contributed by atoms with Crippen molar-refractivity contribution in [2.24, 2.45) is 0 Å². The molecule has 0 aromatic heterocycles. The zero-order chi connectivity index (χ0) is 53.3. The minimum Gasteiger partial charge on any atom is -0.457 e. The lowest BCUT2D eigenvalue weighted by atomic mass is 9.85. The summed E-state index contributed by atoms with van der Waals surface area (Å²) in [7, 11) is -5.04. The molecule has 0 aromatic carbocycles. The fourth-order valence-corrected chi connectivity index (χ4v) is 9.75. The van der Waals surface area contributed by atoms with Crippen LogP contribution in [0.1, 0.15) is 239 Å². The lowest BCUT2D eigenvalue weighted by molar-refractivity contribution is -0.220. The van der Waals surface area contributed by atoms with Gasteiger partial charge in [-0.2, -0.15) is 0 Å². The highest BCUT2D eigenvalue weighted by Gasteiger charge is 2.51. The summed E-state index contributed by atoms with van der Waals surface area (Å²) in [5.41, 5.74) is 0. The molecule has 0 radical (unpaired) electrons. The Hall–Kier alpha value is -2.22. The highest BCUT2D eigenvalue weighted by Crippen LogP contribution is 2.47. The van der Waals surface area contributed by atoms with Gasteiger partial charge in [0, 0.05) is 13.0 Å². The van der Waals surface area contributed by atoms with Crippen LogP contribution in [0.2, 0.25) is 0 Å². The summed E-state index contributed by atoms with van der Waals surface area (Å²) in [5, 5.41) is 50.4. The molecule has 424 valence electrons. The van der Waals surface area contributed by atoms with Crippen molar-refractivity contribution in [2.75, 3.05) is 19.8 Å². The lowest BCUT2D eigenvalue weighted by Crippen LogP contribution is -2.64. The highest BCUT2D eigenvalue weighted by atomic mass is 31.2. The van der Waals surface area contributed by atoms with Crippen molar-refractivity contribution in [3.05, 3.63) is 72.9 Å². The molecule has 6 atom stereocenters. The van der Waals surface area contributed by atoms with E-state index in [1.807, 2.05) is 0 Å². The molecule has 1 aliphatic carbocycles. The van der Waals surface area contributed by atoms with Gasteiger partial charge in [-0.15, -0.1) is 0 Å². The number of phosphoric acid groups is 1. The monoisotopic (exact) mass is 1050 g/mol.